The minimum atomic E-state index is 0. The van der Waals surface area contributed by atoms with E-state index in [-0.39, 0.29) is 18.3 Å². The van der Waals surface area contributed by atoms with E-state index < -0.39 is 0 Å². The smallest absolute Gasteiger partial charge is 0.220 e. The summed E-state index contributed by atoms with van der Waals surface area (Å²) in [5.41, 5.74) is 0. The van der Waals surface area contributed by atoms with Crippen molar-refractivity contribution >= 4 is 18.3 Å². The molecule has 0 aromatic heterocycles. The molecule has 1 saturated carbocycles. The standard InChI is InChI=1S/C14H26N2O.ClH/c1-11-2-4-13(5-3-11)16-14(17)10-12-6-8-15-9-7-12;/h11-13,15H,2-10H2,1H3,(H,16,17);1H. The van der Waals surface area contributed by atoms with E-state index in [0.29, 0.717) is 12.0 Å². The van der Waals surface area contributed by atoms with Crippen LogP contribution in [0.4, 0.5) is 0 Å². The Bertz CT molecular complexity index is 246. The van der Waals surface area contributed by atoms with E-state index in [2.05, 4.69) is 17.6 Å². The summed E-state index contributed by atoms with van der Waals surface area (Å²) >= 11 is 0. The summed E-state index contributed by atoms with van der Waals surface area (Å²) in [6, 6.07) is 0.459. The number of piperidine rings is 1. The van der Waals surface area contributed by atoms with Crippen molar-refractivity contribution in [2.75, 3.05) is 13.1 Å². The van der Waals surface area contributed by atoms with Gasteiger partial charge in [-0.05, 0) is 63.5 Å². The topological polar surface area (TPSA) is 41.1 Å². The molecule has 1 heterocycles. The summed E-state index contributed by atoms with van der Waals surface area (Å²) in [5, 5.41) is 6.57. The molecular formula is C14H27ClN2O. The van der Waals surface area contributed by atoms with Crippen molar-refractivity contribution < 1.29 is 4.79 Å². The molecule has 2 fully saturated rings. The number of hydrogen-bond acceptors (Lipinski definition) is 2. The molecule has 0 spiro atoms. The van der Waals surface area contributed by atoms with Crippen LogP contribution in [0.3, 0.4) is 0 Å². The van der Waals surface area contributed by atoms with Crippen molar-refractivity contribution in [3.63, 3.8) is 0 Å². The van der Waals surface area contributed by atoms with Crippen LogP contribution in [0.1, 0.15) is 51.9 Å². The van der Waals surface area contributed by atoms with Crippen molar-refractivity contribution in [3.8, 4) is 0 Å². The first-order valence-electron chi connectivity index (χ1n) is 7.24. The van der Waals surface area contributed by atoms with Crippen LogP contribution in [0.15, 0.2) is 0 Å². The Morgan fingerprint density at radius 1 is 1.11 bits per heavy atom. The first-order valence-corrected chi connectivity index (χ1v) is 7.24. The van der Waals surface area contributed by atoms with Crippen LogP contribution >= 0.6 is 12.4 Å². The monoisotopic (exact) mass is 274 g/mol. The average Bonchev–Trinajstić information content (AvgIpc) is 2.33. The zero-order valence-electron chi connectivity index (χ0n) is 11.4. The minimum absolute atomic E-state index is 0. The third-order valence-corrected chi connectivity index (χ3v) is 4.31. The molecule has 1 aliphatic carbocycles. The largest absolute Gasteiger partial charge is 0.353 e. The lowest BCUT2D eigenvalue weighted by Crippen LogP contribution is -2.39. The summed E-state index contributed by atoms with van der Waals surface area (Å²) in [5.74, 6) is 1.75. The molecule has 0 atom stereocenters. The van der Waals surface area contributed by atoms with E-state index >= 15 is 0 Å². The maximum atomic E-state index is 11.9. The van der Waals surface area contributed by atoms with E-state index in [4.69, 9.17) is 0 Å². The minimum Gasteiger partial charge on any atom is -0.353 e. The van der Waals surface area contributed by atoms with Gasteiger partial charge in [-0.25, -0.2) is 0 Å². The molecule has 1 amide bonds. The highest BCUT2D eigenvalue weighted by Crippen LogP contribution is 2.24. The van der Waals surface area contributed by atoms with Gasteiger partial charge in [0.15, 0.2) is 0 Å². The molecule has 3 nitrogen and oxygen atoms in total. The van der Waals surface area contributed by atoms with Crippen LogP contribution in [0, 0.1) is 11.8 Å². The molecule has 1 saturated heterocycles. The lowest BCUT2D eigenvalue weighted by atomic mass is 9.87. The van der Waals surface area contributed by atoms with Gasteiger partial charge >= 0.3 is 0 Å². The molecule has 106 valence electrons. The predicted molar refractivity (Wildman–Crippen MR) is 77.0 cm³/mol. The fourth-order valence-electron chi connectivity index (χ4n) is 3.04. The van der Waals surface area contributed by atoms with Crippen molar-refractivity contribution in [2.45, 2.75) is 57.9 Å². The van der Waals surface area contributed by atoms with Gasteiger partial charge in [0, 0.05) is 12.5 Å². The Balaban J connectivity index is 0.00000162. The van der Waals surface area contributed by atoms with Crippen LogP contribution in [-0.2, 0) is 4.79 Å². The van der Waals surface area contributed by atoms with Gasteiger partial charge in [0.25, 0.3) is 0 Å². The summed E-state index contributed by atoms with van der Waals surface area (Å²) in [4.78, 5) is 11.9. The number of carbonyl (C=O) groups is 1. The normalized spacial score (nSPS) is 29.4. The van der Waals surface area contributed by atoms with Crippen molar-refractivity contribution in [1.29, 1.82) is 0 Å². The molecule has 0 aromatic carbocycles. The fraction of sp³-hybridized carbons (Fsp3) is 0.929. The van der Waals surface area contributed by atoms with Gasteiger partial charge in [0.1, 0.15) is 0 Å². The van der Waals surface area contributed by atoms with Gasteiger partial charge < -0.3 is 10.6 Å². The second kappa shape index (κ2) is 8.00. The van der Waals surface area contributed by atoms with Crippen molar-refractivity contribution in [3.05, 3.63) is 0 Å². The van der Waals surface area contributed by atoms with Crippen LogP contribution in [0.5, 0.6) is 0 Å². The first kappa shape index (κ1) is 15.8. The molecule has 0 bridgehead atoms. The molecule has 2 N–H and O–H groups in total. The number of halogens is 1. The predicted octanol–water partition coefficient (Wildman–Crippen LogP) is 2.49. The van der Waals surface area contributed by atoms with Crippen LogP contribution < -0.4 is 10.6 Å². The Kier molecular flexibility index (Phi) is 7.02. The number of rotatable bonds is 3. The zero-order chi connectivity index (χ0) is 12.1. The number of nitrogens with one attached hydrogen (secondary N) is 2. The van der Waals surface area contributed by atoms with Gasteiger partial charge in [-0.15, -0.1) is 12.4 Å². The van der Waals surface area contributed by atoms with Crippen LogP contribution in [0.25, 0.3) is 0 Å². The summed E-state index contributed by atoms with van der Waals surface area (Å²) < 4.78 is 0. The van der Waals surface area contributed by atoms with Crippen molar-refractivity contribution in [1.82, 2.24) is 10.6 Å². The molecular weight excluding hydrogens is 248 g/mol. The van der Waals surface area contributed by atoms with E-state index in [1.807, 2.05) is 0 Å². The second-order valence-corrected chi connectivity index (χ2v) is 5.92. The third-order valence-electron chi connectivity index (χ3n) is 4.31. The van der Waals surface area contributed by atoms with Gasteiger partial charge in [-0.2, -0.15) is 0 Å². The zero-order valence-corrected chi connectivity index (χ0v) is 12.2. The SMILES string of the molecule is CC1CCC(NC(=O)CC2CCNCC2)CC1.Cl. The maximum Gasteiger partial charge on any atom is 0.220 e. The van der Waals surface area contributed by atoms with Gasteiger partial charge in [0.05, 0.1) is 0 Å². The van der Waals surface area contributed by atoms with Crippen molar-refractivity contribution in [2.24, 2.45) is 11.8 Å². The quantitative estimate of drug-likeness (QED) is 0.830. The molecule has 4 heteroatoms. The molecule has 2 aliphatic rings. The first-order chi connectivity index (χ1) is 8.24. The molecule has 0 radical (unpaired) electrons. The van der Waals surface area contributed by atoms with Crippen LogP contribution in [-0.4, -0.2) is 25.0 Å². The molecule has 0 unspecified atom stereocenters. The Morgan fingerprint density at radius 2 is 1.72 bits per heavy atom. The average molecular weight is 275 g/mol. The Morgan fingerprint density at radius 3 is 2.33 bits per heavy atom. The summed E-state index contributed by atoms with van der Waals surface area (Å²) in [6.07, 6.45) is 7.98. The van der Waals surface area contributed by atoms with Gasteiger partial charge in [-0.1, -0.05) is 6.92 Å². The molecule has 18 heavy (non-hydrogen) atoms. The van der Waals surface area contributed by atoms with E-state index in [9.17, 15) is 4.79 Å². The van der Waals surface area contributed by atoms with Gasteiger partial charge in [0.2, 0.25) is 5.91 Å². The summed E-state index contributed by atoms with van der Waals surface area (Å²) in [7, 11) is 0. The Labute approximate surface area is 117 Å². The number of carbonyl (C=O) groups excluding carboxylic acids is 1. The van der Waals surface area contributed by atoms with E-state index in [1.54, 1.807) is 0 Å². The maximum absolute atomic E-state index is 11.9. The number of amides is 1. The highest BCUT2D eigenvalue weighted by atomic mass is 35.5. The van der Waals surface area contributed by atoms with Crippen LogP contribution in [0.2, 0.25) is 0 Å². The van der Waals surface area contributed by atoms with E-state index in [0.717, 1.165) is 38.3 Å². The second-order valence-electron chi connectivity index (χ2n) is 5.92. The number of hydrogen-bond donors (Lipinski definition) is 2. The molecule has 0 aromatic rings. The molecule has 1 aliphatic heterocycles. The highest BCUT2D eigenvalue weighted by Gasteiger charge is 2.22. The fourth-order valence-corrected chi connectivity index (χ4v) is 3.04. The molecule has 2 rings (SSSR count). The third kappa shape index (κ3) is 5.15. The van der Waals surface area contributed by atoms with E-state index in [1.165, 1.54) is 25.7 Å². The highest BCUT2D eigenvalue weighted by molar-refractivity contribution is 5.85. The van der Waals surface area contributed by atoms with Gasteiger partial charge in [-0.3, -0.25) is 4.79 Å². The Hall–Kier alpha value is -0.280. The summed E-state index contributed by atoms with van der Waals surface area (Å²) in [6.45, 7) is 4.48. The lowest BCUT2D eigenvalue weighted by molar-refractivity contribution is -0.123. The lowest BCUT2D eigenvalue weighted by Gasteiger charge is -2.28.